The number of rotatable bonds is 10. The van der Waals surface area contributed by atoms with Gasteiger partial charge in [-0.05, 0) is 67.9 Å². The van der Waals surface area contributed by atoms with Gasteiger partial charge in [0, 0.05) is 12.6 Å². The van der Waals surface area contributed by atoms with Gasteiger partial charge in [-0.15, -0.1) is 5.10 Å². The molecule has 9 nitrogen and oxygen atoms in total. The Kier molecular flexibility index (Phi) is 8.44. The number of benzene rings is 3. The summed E-state index contributed by atoms with van der Waals surface area (Å²) in [6, 6.07) is 20.8. The lowest BCUT2D eigenvalue weighted by Gasteiger charge is -2.29. The maximum absolute atomic E-state index is 13.5. The van der Waals surface area contributed by atoms with Crippen molar-refractivity contribution in [1.29, 1.82) is 0 Å². The summed E-state index contributed by atoms with van der Waals surface area (Å²) in [5.41, 5.74) is 1.43. The molecule has 1 atom stereocenters. The average Bonchev–Trinajstić information content (AvgIpc) is 3.23. The lowest BCUT2D eigenvalue weighted by atomic mass is 10.2. The molecule has 10 heteroatoms. The summed E-state index contributed by atoms with van der Waals surface area (Å²) in [5.74, 6) is 0.702. The number of carbonyl (C=O) groups is 2. The van der Waals surface area contributed by atoms with Crippen LogP contribution in [0.15, 0.2) is 78.9 Å². The zero-order valence-corrected chi connectivity index (χ0v) is 21.3. The lowest BCUT2D eigenvalue weighted by molar-refractivity contribution is -0.126. The molecule has 0 aliphatic carbocycles. The molecule has 0 saturated heterocycles. The van der Waals surface area contributed by atoms with Crippen molar-refractivity contribution in [3.63, 3.8) is 0 Å². The van der Waals surface area contributed by atoms with Gasteiger partial charge < -0.3 is 14.8 Å². The Morgan fingerprint density at radius 3 is 2.18 bits per heavy atom. The van der Waals surface area contributed by atoms with Crippen LogP contribution >= 0.6 is 0 Å². The van der Waals surface area contributed by atoms with E-state index in [1.165, 1.54) is 41.0 Å². The summed E-state index contributed by atoms with van der Waals surface area (Å²) >= 11 is 0. The Bertz CT molecular complexity index is 1370. The molecule has 0 saturated carbocycles. The number of aromatic nitrogens is 3. The van der Waals surface area contributed by atoms with Gasteiger partial charge in [0.25, 0.3) is 5.91 Å². The fourth-order valence-corrected chi connectivity index (χ4v) is 3.79. The number of nitrogens with zero attached hydrogens (tertiary/aromatic N) is 4. The van der Waals surface area contributed by atoms with E-state index in [4.69, 9.17) is 9.47 Å². The minimum absolute atomic E-state index is 0.0790. The highest BCUT2D eigenvalue weighted by Gasteiger charge is 2.32. The highest BCUT2D eigenvalue weighted by molar-refractivity contribution is 6.01. The Labute approximate surface area is 219 Å². The minimum atomic E-state index is -1.04. The standard InChI is InChI=1S/C28H28FN5O4/c1-19-30-20(2)34(32-19)33(21(3)35)27(18-37-17-22-7-5-4-6-8-22)28(36)31-24-11-15-26(16-12-24)38-25-13-9-23(29)10-14-25/h4-16,27H,17-18H2,1-3H3,(H,31,36)/t27-/m0/s1. The van der Waals surface area contributed by atoms with Crippen LogP contribution in [0.5, 0.6) is 11.5 Å². The number of hydrogen-bond donors (Lipinski definition) is 1. The number of ether oxygens (including phenoxy) is 2. The molecule has 196 valence electrons. The number of amides is 2. The lowest BCUT2D eigenvalue weighted by Crippen LogP contribution is -2.55. The highest BCUT2D eigenvalue weighted by atomic mass is 19.1. The molecule has 4 rings (SSSR count). The predicted molar refractivity (Wildman–Crippen MR) is 140 cm³/mol. The van der Waals surface area contributed by atoms with Gasteiger partial charge in [-0.1, -0.05) is 30.3 Å². The summed E-state index contributed by atoms with van der Waals surface area (Å²) in [7, 11) is 0. The van der Waals surface area contributed by atoms with Crippen LogP contribution in [0.4, 0.5) is 10.1 Å². The molecule has 4 aromatic rings. The van der Waals surface area contributed by atoms with Gasteiger partial charge in [-0.25, -0.2) is 14.4 Å². The van der Waals surface area contributed by atoms with E-state index in [2.05, 4.69) is 15.4 Å². The van der Waals surface area contributed by atoms with Crippen LogP contribution in [0.1, 0.15) is 24.1 Å². The minimum Gasteiger partial charge on any atom is -0.457 e. The molecule has 1 heterocycles. The molecule has 0 unspecified atom stereocenters. The normalized spacial score (nSPS) is 11.6. The molecule has 3 aromatic carbocycles. The molecule has 0 spiro atoms. The summed E-state index contributed by atoms with van der Waals surface area (Å²) < 4.78 is 24.7. The Morgan fingerprint density at radius 2 is 1.61 bits per heavy atom. The fourth-order valence-electron chi connectivity index (χ4n) is 3.79. The molecule has 1 N–H and O–H groups in total. The topological polar surface area (TPSA) is 98.6 Å². The Hall–Kier alpha value is -4.57. The zero-order valence-electron chi connectivity index (χ0n) is 21.3. The summed E-state index contributed by atoms with van der Waals surface area (Å²) in [4.78, 5) is 31.8. The third kappa shape index (κ3) is 6.80. The third-order valence-electron chi connectivity index (χ3n) is 5.54. The van der Waals surface area contributed by atoms with Crippen molar-refractivity contribution in [1.82, 2.24) is 14.9 Å². The molecule has 0 fully saturated rings. The second-order valence-electron chi connectivity index (χ2n) is 8.55. The molecule has 0 bridgehead atoms. The number of aryl methyl sites for hydroxylation is 2. The molecular formula is C28H28FN5O4. The molecule has 1 aromatic heterocycles. The van der Waals surface area contributed by atoms with Gasteiger partial charge in [-0.3, -0.25) is 9.59 Å². The van der Waals surface area contributed by atoms with Gasteiger partial charge in [0.2, 0.25) is 5.91 Å². The van der Waals surface area contributed by atoms with E-state index in [0.717, 1.165) is 5.56 Å². The SMILES string of the molecule is CC(=O)N([C@@H](COCc1ccccc1)C(=O)Nc1ccc(Oc2ccc(F)cc2)cc1)n1nc(C)nc1C. The van der Waals surface area contributed by atoms with Crippen molar-refractivity contribution < 1.29 is 23.5 Å². The second kappa shape index (κ2) is 12.1. The van der Waals surface area contributed by atoms with Crippen LogP contribution in [0.25, 0.3) is 0 Å². The number of hydrogen-bond acceptors (Lipinski definition) is 6. The molecule has 0 radical (unpaired) electrons. The first-order valence-corrected chi connectivity index (χ1v) is 12.0. The average molecular weight is 518 g/mol. The smallest absolute Gasteiger partial charge is 0.251 e. The van der Waals surface area contributed by atoms with Crippen LogP contribution < -0.4 is 15.1 Å². The van der Waals surface area contributed by atoms with Gasteiger partial charge in [0.05, 0.1) is 13.2 Å². The van der Waals surface area contributed by atoms with E-state index in [9.17, 15) is 14.0 Å². The molecule has 38 heavy (non-hydrogen) atoms. The van der Waals surface area contributed by atoms with Crippen molar-refractivity contribution in [3.05, 3.63) is 102 Å². The van der Waals surface area contributed by atoms with Crippen LogP contribution in [0.2, 0.25) is 0 Å². The molecule has 0 aliphatic heterocycles. The fraction of sp³-hybridized carbons (Fsp3) is 0.214. The van der Waals surface area contributed by atoms with Crippen molar-refractivity contribution >= 4 is 17.5 Å². The Morgan fingerprint density at radius 1 is 0.974 bits per heavy atom. The number of carbonyl (C=O) groups excluding carboxylic acids is 2. The first kappa shape index (κ1) is 26.5. The maximum Gasteiger partial charge on any atom is 0.251 e. The third-order valence-corrected chi connectivity index (χ3v) is 5.54. The Balaban J connectivity index is 1.51. The van der Waals surface area contributed by atoms with Crippen molar-refractivity contribution in [2.45, 2.75) is 33.4 Å². The summed E-state index contributed by atoms with van der Waals surface area (Å²) in [6.07, 6.45) is 0. The maximum atomic E-state index is 13.5. The van der Waals surface area contributed by atoms with Crippen molar-refractivity contribution in [2.24, 2.45) is 0 Å². The van der Waals surface area contributed by atoms with E-state index in [1.54, 1.807) is 38.1 Å². The van der Waals surface area contributed by atoms with E-state index in [0.29, 0.717) is 28.8 Å². The highest BCUT2D eigenvalue weighted by Crippen LogP contribution is 2.23. The van der Waals surface area contributed by atoms with E-state index < -0.39 is 17.9 Å². The zero-order chi connectivity index (χ0) is 27.1. The van der Waals surface area contributed by atoms with E-state index in [1.807, 2.05) is 30.3 Å². The summed E-state index contributed by atoms with van der Waals surface area (Å²) in [6.45, 7) is 4.95. The van der Waals surface area contributed by atoms with Gasteiger partial charge in [-0.2, -0.15) is 4.79 Å². The van der Waals surface area contributed by atoms with Gasteiger partial charge in [0.1, 0.15) is 29.0 Å². The number of anilines is 1. The monoisotopic (exact) mass is 517 g/mol. The first-order valence-electron chi connectivity index (χ1n) is 12.0. The van der Waals surface area contributed by atoms with Crippen LogP contribution in [-0.2, 0) is 20.9 Å². The largest absolute Gasteiger partial charge is 0.457 e. The molecular weight excluding hydrogens is 489 g/mol. The van der Waals surface area contributed by atoms with E-state index in [-0.39, 0.29) is 19.0 Å². The van der Waals surface area contributed by atoms with Gasteiger partial charge in [0.15, 0.2) is 6.04 Å². The number of halogens is 1. The molecule has 2 amide bonds. The second-order valence-corrected chi connectivity index (χ2v) is 8.55. The van der Waals surface area contributed by atoms with Crippen molar-refractivity contribution in [2.75, 3.05) is 16.9 Å². The predicted octanol–water partition coefficient (Wildman–Crippen LogP) is 4.53. The van der Waals surface area contributed by atoms with Gasteiger partial charge >= 0.3 is 0 Å². The quantitative estimate of drug-likeness (QED) is 0.332. The van der Waals surface area contributed by atoms with Crippen molar-refractivity contribution in [3.8, 4) is 11.5 Å². The van der Waals surface area contributed by atoms with E-state index >= 15 is 0 Å². The molecule has 0 aliphatic rings. The number of nitrogens with one attached hydrogen (secondary N) is 1. The first-order chi connectivity index (χ1) is 18.3. The van der Waals surface area contributed by atoms with Crippen LogP contribution in [0, 0.1) is 19.7 Å². The van der Waals surface area contributed by atoms with Crippen LogP contribution in [-0.4, -0.2) is 39.3 Å². The summed E-state index contributed by atoms with van der Waals surface area (Å²) in [5, 5.41) is 8.38. The van der Waals surface area contributed by atoms with Crippen LogP contribution in [0.3, 0.4) is 0 Å².